The molecule has 58 valence electrons. The number of ether oxygens (including phenoxy) is 1. The quantitative estimate of drug-likeness (QED) is 0.590. The van der Waals surface area contributed by atoms with Crippen molar-refractivity contribution in [3.63, 3.8) is 0 Å². The third-order valence-corrected chi connectivity index (χ3v) is 2.68. The summed E-state index contributed by atoms with van der Waals surface area (Å²) in [6, 6.07) is 0. The first kappa shape index (κ1) is 6.62. The average molecular weight is 142 g/mol. The molecular formula is C8H14O2. The maximum absolute atomic E-state index is 9.67. The Kier molecular flexibility index (Phi) is 1.46. The van der Waals surface area contributed by atoms with E-state index in [1.807, 2.05) is 0 Å². The molecule has 1 saturated heterocycles. The zero-order chi connectivity index (χ0) is 7.03. The lowest BCUT2D eigenvalue weighted by Gasteiger charge is -2.26. The highest BCUT2D eigenvalue weighted by Gasteiger charge is 2.47. The molecule has 2 heteroatoms. The van der Waals surface area contributed by atoms with Crippen LogP contribution in [0.3, 0.4) is 0 Å². The largest absolute Gasteiger partial charge is 0.390 e. The molecule has 0 radical (unpaired) electrons. The van der Waals surface area contributed by atoms with Gasteiger partial charge < -0.3 is 9.84 Å². The Morgan fingerprint density at radius 1 is 1.40 bits per heavy atom. The van der Waals surface area contributed by atoms with Crippen LogP contribution in [0.1, 0.15) is 25.7 Å². The van der Waals surface area contributed by atoms with Gasteiger partial charge in [0.15, 0.2) is 0 Å². The Hall–Kier alpha value is -0.0800. The van der Waals surface area contributed by atoms with Crippen LogP contribution >= 0.6 is 0 Å². The lowest BCUT2D eigenvalue weighted by molar-refractivity contribution is -0.0220. The first-order valence-corrected chi connectivity index (χ1v) is 4.11. The van der Waals surface area contributed by atoms with Crippen LogP contribution < -0.4 is 0 Å². The molecule has 1 aliphatic heterocycles. The summed E-state index contributed by atoms with van der Waals surface area (Å²) in [5.74, 6) is 0.446. The van der Waals surface area contributed by atoms with E-state index in [-0.39, 0.29) is 5.60 Å². The first-order chi connectivity index (χ1) is 4.81. The Bertz CT molecular complexity index is 123. The SMILES string of the molecule is OC1(C2CCCOC2)CC1. The number of rotatable bonds is 1. The van der Waals surface area contributed by atoms with Crippen molar-refractivity contribution in [2.75, 3.05) is 13.2 Å². The van der Waals surface area contributed by atoms with Gasteiger partial charge in [-0.1, -0.05) is 0 Å². The molecular weight excluding hydrogens is 128 g/mol. The zero-order valence-electron chi connectivity index (χ0n) is 6.18. The molecule has 1 saturated carbocycles. The predicted molar refractivity (Wildman–Crippen MR) is 37.7 cm³/mol. The van der Waals surface area contributed by atoms with E-state index in [2.05, 4.69) is 0 Å². The summed E-state index contributed by atoms with van der Waals surface area (Å²) >= 11 is 0. The summed E-state index contributed by atoms with van der Waals surface area (Å²) in [6.45, 7) is 1.68. The Morgan fingerprint density at radius 3 is 2.70 bits per heavy atom. The third kappa shape index (κ3) is 1.06. The zero-order valence-corrected chi connectivity index (χ0v) is 6.18. The summed E-state index contributed by atoms with van der Waals surface area (Å²) in [7, 11) is 0. The highest BCUT2D eigenvalue weighted by Crippen LogP contribution is 2.45. The minimum atomic E-state index is -0.305. The van der Waals surface area contributed by atoms with Crippen LogP contribution in [0.4, 0.5) is 0 Å². The van der Waals surface area contributed by atoms with Gasteiger partial charge in [0.05, 0.1) is 12.2 Å². The molecule has 1 aliphatic carbocycles. The minimum Gasteiger partial charge on any atom is -0.390 e. The molecule has 1 N–H and O–H groups in total. The van der Waals surface area contributed by atoms with Crippen LogP contribution in [0.5, 0.6) is 0 Å². The van der Waals surface area contributed by atoms with E-state index in [4.69, 9.17) is 4.74 Å². The second-order valence-electron chi connectivity index (χ2n) is 3.52. The highest BCUT2D eigenvalue weighted by molar-refractivity contribution is 4.99. The summed E-state index contributed by atoms with van der Waals surface area (Å²) < 4.78 is 5.29. The fraction of sp³-hybridized carbons (Fsp3) is 1.00. The summed E-state index contributed by atoms with van der Waals surface area (Å²) in [4.78, 5) is 0. The van der Waals surface area contributed by atoms with Gasteiger partial charge in [0.25, 0.3) is 0 Å². The van der Waals surface area contributed by atoms with Gasteiger partial charge >= 0.3 is 0 Å². The topological polar surface area (TPSA) is 29.5 Å². The normalized spacial score (nSPS) is 37.5. The standard InChI is InChI=1S/C8H14O2/c9-8(3-4-8)7-2-1-5-10-6-7/h7,9H,1-6H2. The van der Waals surface area contributed by atoms with E-state index in [0.29, 0.717) is 5.92 Å². The molecule has 0 aromatic heterocycles. The van der Waals surface area contributed by atoms with Gasteiger partial charge in [0, 0.05) is 12.5 Å². The lowest BCUT2D eigenvalue weighted by Crippen LogP contribution is -2.30. The monoisotopic (exact) mass is 142 g/mol. The molecule has 0 bridgehead atoms. The van der Waals surface area contributed by atoms with Crippen molar-refractivity contribution < 1.29 is 9.84 Å². The van der Waals surface area contributed by atoms with Gasteiger partial charge in [-0.15, -0.1) is 0 Å². The highest BCUT2D eigenvalue weighted by atomic mass is 16.5. The summed E-state index contributed by atoms with van der Waals surface area (Å²) in [6.07, 6.45) is 4.30. The molecule has 1 unspecified atom stereocenters. The molecule has 2 rings (SSSR count). The molecule has 0 aromatic carbocycles. The molecule has 2 nitrogen and oxygen atoms in total. The van der Waals surface area contributed by atoms with E-state index in [0.717, 1.165) is 38.9 Å². The van der Waals surface area contributed by atoms with Gasteiger partial charge in [0.1, 0.15) is 0 Å². The van der Waals surface area contributed by atoms with E-state index < -0.39 is 0 Å². The van der Waals surface area contributed by atoms with Crippen molar-refractivity contribution >= 4 is 0 Å². The van der Waals surface area contributed by atoms with Crippen LogP contribution in [-0.2, 0) is 4.74 Å². The molecule has 0 aromatic rings. The van der Waals surface area contributed by atoms with Crippen LogP contribution in [0.2, 0.25) is 0 Å². The van der Waals surface area contributed by atoms with Gasteiger partial charge in [-0.05, 0) is 25.7 Å². The Balaban J connectivity index is 1.91. The maximum atomic E-state index is 9.67. The van der Waals surface area contributed by atoms with Crippen LogP contribution in [0, 0.1) is 5.92 Å². The number of hydrogen-bond donors (Lipinski definition) is 1. The second kappa shape index (κ2) is 2.21. The van der Waals surface area contributed by atoms with Gasteiger partial charge in [-0.2, -0.15) is 0 Å². The smallest absolute Gasteiger partial charge is 0.0699 e. The van der Waals surface area contributed by atoms with Gasteiger partial charge in [-0.3, -0.25) is 0 Å². The predicted octanol–water partition coefficient (Wildman–Crippen LogP) is 0.938. The molecule has 2 fully saturated rings. The van der Waals surface area contributed by atoms with Crippen molar-refractivity contribution in [2.45, 2.75) is 31.3 Å². The van der Waals surface area contributed by atoms with Crippen molar-refractivity contribution in [3.05, 3.63) is 0 Å². The van der Waals surface area contributed by atoms with Crippen molar-refractivity contribution in [1.82, 2.24) is 0 Å². The van der Waals surface area contributed by atoms with Crippen molar-refractivity contribution in [2.24, 2.45) is 5.92 Å². The second-order valence-corrected chi connectivity index (χ2v) is 3.52. The maximum Gasteiger partial charge on any atom is 0.0699 e. The molecule has 1 heterocycles. The summed E-state index contributed by atoms with van der Waals surface area (Å²) in [5.41, 5.74) is -0.305. The molecule has 2 aliphatic rings. The third-order valence-electron chi connectivity index (χ3n) is 2.68. The Labute approximate surface area is 61.2 Å². The van der Waals surface area contributed by atoms with Crippen molar-refractivity contribution in [1.29, 1.82) is 0 Å². The summed E-state index contributed by atoms with van der Waals surface area (Å²) in [5, 5.41) is 9.67. The van der Waals surface area contributed by atoms with E-state index in [1.54, 1.807) is 0 Å². The minimum absolute atomic E-state index is 0.305. The van der Waals surface area contributed by atoms with Crippen LogP contribution in [-0.4, -0.2) is 23.9 Å². The van der Waals surface area contributed by atoms with Crippen molar-refractivity contribution in [3.8, 4) is 0 Å². The van der Waals surface area contributed by atoms with Gasteiger partial charge in [-0.25, -0.2) is 0 Å². The fourth-order valence-electron chi connectivity index (χ4n) is 1.70. The number of hydrogen-bond acceptors (Lipinski definition) is 2. The van der Waals surface area contributed by atoms with Crippen LogP contribution in [0.25, 0.3) is 0 Å². The lowest BCUT2D eigenvalue weighted by atomic mass is 9.94. The van der Waals surface area contributed by atoms with E-state index >= 15 is 0 Å². The van der Waals surface area contributed by atoms with Crippen LogP contribution in [0.15, 0.2) is 0 Å². The average Bonchev–Trinajstić information content (AvgIpc) is 2.72. The molecule has 1 atom stereocenters. The molecule has 0 spiro atoms. The molecule has 0 amide bonds. The Morgan fingerprint density at radius 2 is 2.20 bits per heavy atom. The van der Waals surface area contributed by atoms with E-state index in [9.17, 15) is 5.11 Å². The fourth-order valence-corrected chi connectivity index (χ4v) is 1.70. The molecule has 10 heavy (non-hydrogen) atoms. The van der Waals surface area contributed by atoms with Gasteiger partial charge in [0.2, 0.25) is 0 Å². The van der Waals surface area contributed by atoms with E-state index in [1.165, 1.54) is 0 Å². The number of aliphatic hydroxyl groups is 1. The first-order valence-electron chi connectivity index (χ1n) is 4.11.